The minimum Gasteiger partial charge on any atom is -0.494 e. The van der Waals surface area contributed by atoms with Crippen molar-refractivity contribution >= 4 is 45.9 Å². The van der Waals surface area contributed by atoms with Crippen molar-refractivity contribution < 1.29 is 41.4 Å². The van der Waals surface area contributed by atoms with Crippen molar-refractivity contribution in [1.82, 2.24) is 15.3 Å². The summed E-state index contributed by atoms with van der Waals surface area (Å²) >= 11 is 11.9. The summed E-state index contributed by atoms with van der Waals surface area (Å²) in [5, 5.41) is 14.5. The fourth-order valence-corrected chi connectivity index (χ4v) is 5.25. The number of aliphatic hydroxyl groups is 1. The molecule has 1 aliphatic rings. The highest BCUT2D eigenvalue weighted by Gasteiger charge is 2.50. The summed E-state index contributed by atoms with van der Waals surface area (Å²) in [6.07, 6.45) is 0.707. The Morgan fingerprint density at radius 3 is 2.36 bits per heavy atom. The van der Waals surface area contributed by atoms with Crippen LogP contribution in [0.1, 0.15) is 40.2 Å². The molecule has 0 radical (unpaired) electrons. The van der Waals surface area contributed by atoms with Gasteiger partial charge in [0.25, 0.3) is 11.8 Å². The Labute approximate surface area is 262 Å². The van der Waals surface area contributed by atoms with Crippen molar-refractivity contribution in [2.24, 2.45) is 11.7 Å². The van der Waals surface area contributed by atoms with E-state index in [-0.39, 0.29) is 11.3 Å². The van der Waals surface area contributed by atoms with Crippen LogP contribution in [0.5, 0.6) is 5.75 Å². The van der Waals surface area contributed by atoms with E-state index in [1.54, 1.807) is 13.0 Å². The van der Waals surface area contributed by atoms with E-state index in [4.69, 9.17) is 33.7 Å². The first-order chi connectivity index (χ1) is 21.1. The molecule has 45 heavy (non-hydrogen) atoms. The molecule has 2 aromatic heterocycles. The molecule has 236 valence electrons. The third-order valence-electron chi connectivity index (χ3n) is 7.58. The van der Waals surface area contributed by atoms with Gasteiger partial charge in [-0.3, -0.25) is 9.59 Å². The molecular formula is C30H23Cl2F5N4O4. The molecule has 2 aromatic carbocycles. The zero-order valence-corrected chi connectivity index (χ0v) is 25.0. The van der Waals surface area contributed by atoms with E-state index in [9.17, 15) is 32.3 Å². The molecule has 4 N–H and O–H groups in total. The second kappa shape index (κ2) is 11.7. The number of aryl methyl sites for hydroxylation is 1. The van der Waals surface area contributed by atoms with Crippen LogP contribution in [0.15, 0.2) is 36.4 Å². The predicted molar refractivity (Wildman–Crippen MR) is 155 cm³/mol. The van der Waals surface area contributed by atoms with Gasteiger partial charge in [0.1, 0.15) is 34.2 Å². The average Bonchev–Trinajstić information content (AvgIpc) is 3.84. The first-order valence-corrected chi connectivity index (χ1v) is 14.0. The summed E-state index contributed by atoms with van der Waals surface area (Å²) in [6.45, 7) is 1.06. The minimum atomic E-state index is -4.64. The highest BCUT2D eigenvalue weighted by atomic mass is 35.5. The van der Waals surface area contributed by atoms with Gasteiger partial charge in [-0.1, -0.05) is 23.2 Å². The second-order valence-electron chi connectivity index (χ2n) is 10.6. The monoisotopic (exact) mass is 668 g/mol. The SMILES string of the molecule is COc1cc(C(=O)NC[C@](O)(c2cc(C(F)(F)C(N)=O)c(F)c(-c3cc(Cl)c(F)cc3F)n2)C2CC2)cc2cc(Cl)c(C)nc12. The number of aromatic nitrogens is 2. The van der Waals surface area contributed by atoms with Gasteiger partial charge in [-0.25, -0.2) is 23.1 Å². The first-order valence-electron chi connectivity index (χ1n) is 13.3. The number of ether oxygens (including phenoxy) is 1. The van der Waals surface area contributed by atoms with E-state index in [1.807, 2.05) is 0 Å². The fraction of sp³-hybridized carbons (Fsp3) is 0.267. The molecule has 0 saturated heterocycles. The number of alkyl halides is 2. The second-order valence-corrected chi connectivity index (χ2v) is 11.4. The van der Waals surface area contributed by atoms with Gasteiger partial charge in [-0.05, 0) is 56.0 Å². The van der Waals surface area contributed by atoms with Crippen LogP contribution in [-0.4, -0.2) is 40.5 Å². The van der Waals surface area contributed by atoms with Crippen LogP contribution in [0.4, 0.5) is 22.0 Å². The van der Waals surface area contributed by atoms with Crippen molar-refractivity contribution in [3.8, 4) is 17.0 Å². The lowest BCUT2D eigenvalue weighted by Gasteiger charge is -2.30. The molecule has 2 amide bonds. The molecule has 0 unspecified atom stereocenters. The molecule has 2 heterocycles. The topological polar surface area (TPSA) is 127 Å². The van der Waals surface area contributed by atoms with Crippen molar-refractivity contribution in [1.29, 1.82) is 0 Å². The molecule has 1 saturated carbocycles. The Hall–Kier alpha value is -4.07. The van der Waals surface area contributed by atoms with E-state index in [0.717, 1.165) is 0 Å². The van der Waals surface area contributed by atoms with Crippen LogP contribution in [0, 0.1) is 30.3 Å². The third-order valence-corrected chi connectivity index (χ3v) is 8.25. The number of hydrogen-bond donors (Lipinski definition) is 3. The van der Waals surface area contributed by atoms with Crippen LogP contribution in [0.25, 0.3) is 22.2 Å². The van der Waals surface area contributed by atoms with E-state index < -0.39 is 80.8 Å². The van der Waals surface area contributed by atoms with Gasteiger partial charge < -0.3 is 20.9 Å². The van der Waals surface area contributed by atoms with Crippen LogP contribution in [0.2, 0.25) is 10.0 Å². The Morgan fingerprint density at radius 2 is 1.73 bits per heavy atom. The van der Waals surface area contributed by atoms with Gasteiger partial charge in [-0.15, -0.1) is 0 Å². The number of benzene rings is 2. The minimum absolute atomic E-state index is 0.0657. The molecule has 4 aromatic rings. The maximum atomic E-state index is 15.6. The number of pyridine rings is 2. The maximum Gasteiger partial charge on any atom is 0.352 e. The molecule has 0 bridgehead atoms. The first kappa shape index (κ1) is 32.3. The van der Waals surface area contributed by atoms with Crippen LogP contribution in [0.3, 0.4) is 0 Å². The van der Waals surface area contributed by atoms with Crippen molar-refractivity contribution in [2.45, 2.75) is 31.3 Å². The summed E-state index contributed by atoms with van der Waals surface area (Å²) < 4.78 is 79.5. The summed E-state index contributed by atoms with van der Waals surface area (Å²) in [4.78, 5) is 33.3. The number of nitrogens with two attached hydrogens (primary N) is 1. The van der Waals surface area contributed by atoms with Gasteiger partial charge in [0.05, 0.1) is 40.7 Å². The Balaban J connectivity index is 1.59. The largest absolute Gasteiger partial charge is 0.494 e. The smallest absolute Gasteiger partial charge is 0.352 e. The van der Waals surface area contributed by atoms with E-state index in [0.29, 0.717) is 52.7 Å². The zero-order chi connectivity index (χ0) is 33.0. The molecule has 1 atom stereocenters. The average molecular weight is 669 g/mol. The van der Waals surface area contributed by atoms with Crippen LogP contribution >= 0.6 is 23.2 Å². The molecule has 8 nitrogen and oxygen atoms in total. The van der Waals surface area contributed by atoms with Crippen LogP contribution < -0.4 is 15.8 Å². The number of fused-ring (bicyclic) bond motifs is 1. The molecule has 1 aliphatic carbocycles. The van der Waals surface area contributed by atoms with Gasteiger partial charge in [0, 0.05) is 22.6 Å². The number of nitrogens with zero attached hydrogens (tertiary/aromatic N) is 2. The highest BCUT2D eigenvalue weighted by Crippen LogP contribution is 2.47. The number of carbonyl (C=O) groups is 2. The third kappa shape index (κ3) is 5.87. The van der Waals surface area contributed by atoms with Crippen molar-refractivity contribution in [3.05, 3.63) is 86.4 Å². The van der Waals surface area contributed by atoms with Gasteiger partial charge in [-0.2, -0.15) is 8.78 Å². The molecule has 0 spiro atoms. The Kier molecular flexibility index (Phi) is 8.40. The number of primary amides is 1. The van der Waals surface area contributed by atoms with E-state index in [1.165, 1.54) is 19.2 Å². The number of amides is 2. The Morgan fingerprint density at radius 1 is 1.04 bits per heavy atom. The lowest BCUT2D eigenvalue weighted by molar-refractivity contribution is -0.143. The van der Waals surface area contributed by atoms with Crippen LogP contribution in [-0.2, 0) is 16.3 Å². The summed E-state index contributed by atoms with van der Waals surface area (Å²) in [7, 11) is 1.38. The number of carbonyl (C=O) groups excluding carboxylic acids is 2. The van der Waals surface area contributed by atoms with E-state index >= 15 is 4.39 Å². The quantitative estimate of drug-likeness (QED) is 0.150. The number of halogens is 7. The number of methoxy groups -OCH3 is 1. The van der Waals surface area contributed by atoms with Crippen molar-refractivity contribution in [2.75, 3.05) is 13.7 Å². The Bertz CT molecular complexity index is 1890. The summed E-state index contributed by atoms with van der Waals surface area (Å²) in [6, 6.07) is 5.82. The number of hydrogen-bond acceptors (Lipinski definition) is 6. The van der Waals surface area contributed by atoms with Gasteiger partial charge >= 0.3 is 5.92 Å². The van der Waals surface area contributed by atoms with E-state index in [2.05, 4.69) is 15.3 Å². The fourth-order valence-electron chi connectivity index (χ4n) is 4.92. The summed E-state index contributed by atoms with van der Waals surface area (Å²) in [5.74, 6) is -12.5. The molecule has 0 aliphatic heterocycles. The molecule has 5 rings (SSSR count). The predicted octanol–water partition coefficient (Wildman–Crippen LogP) is 5.94. The molecular weight excluding hydrogens is 646 g/mol. The zero-order valence-electron chi connectivity index (χ0n) is 23.5. The molecule has 15 heteroatoms. The van der Waals surface area contributed by atoms with Gasteiger partial charge in [0.15, 0.2) is 5.82 Å². The standard InChI is InChI=1S/C30H23Cl2F5N4O4/c1-12-18(31)6-13-5-14(7-22(45-2)25(13)40-12)27(42)39-11-29(44,15-3-4-15)23-9-17(30(36,37)28(38)43)24(35)26(41-23)16-8-19(32)21(34)10-20(16)33/h5-10,15,44H,3-4,11H2,1-2H3,(H2,38,43)(H,39,42)/t29-/m1/s1. The number of nitrogens with one attached hydrogen (secondary N) is 1. The molecule has 1 fully saturated rings. The summed E-state index contributed by atoms with van der Waals surface area (Å²) in [5.41, 5.74) is -0.492. The number of rotatable bonds is 9. The lowest BCUT2D eigenvalue weighted by Crippen LogP contribution is -2.44. The maximum absolute atomic E-state index is 15.6. The van der Waals surface area contributed by atoms with Gasteiger partial charge in [0.2, 0.25) is 0 Å². The highest BCUT2D eigenvalue weighted by molar-refractivity contribution is 6.32. The normalized spacial score (nSPS) is 14.7. The van der Waals surface area contributed by atoms with Crippen molar-refractivity contribution in [3.63, 3.8) is 0 Å². The lowest BCUT2D eigenvalue weighted by atomic mass is 9.89.